The second kappa shape index (κ2) is 7.02. The van der Waals surface area contributed by atoms with Gasteiger partial charge in [-0.3, -0.25) is 0 Å². The molecule has 138 valence electrons. The van der Waals surface area contributed by atoms with Gasteiger partial charge in [-0.25, -0.2) is 4.39 Å². The van der Waals surface area contributed by atoms with Crippen molar-refractivity contribution in [3.05, 3.63) is 94.6 Å². The number of aryl methyl sites for hydroxylation is 2. The number of nitrogens with zero attached hydrogens (tertiary/aromatic N) is 2. The molecule has 3 nitrogen and oxygen atoms in total. The van der Waals surface area contributed by atoms with E-state index in [1.165, 1.54) is 6.07 Å². The number of allylic oxidation sites excluding steroid dienone is 1. The number of halogens is 1. The van der Waals surface area contributed by atoms with E-state index in [1.807, 2.05) is 56.0 Å². The Morgan fingerprint density at radius 3 is 2.56 bits per heavy atom. The first kappa shape index (κ1) is 18.9. The highest BCUT2D eigenvalue weighted by Crippen LogP contribution is 2.51. The Morgan fingerprint density at radius 1 is 1.26 bits per heavy atom. The van der Waals surface area contributed by atoms with E-state index in [4.69, 9.17) is 5.26 Å². The summed E-state index contributed by atoms with van der Waals surface area (Å²) >= 11 is 0. The van der Waals surface area contributed by atoms with Gasteiger partial charge in [0.15, 0.2) is 0 Å². The minimum Gasteiger partial charge on any atom is -0.379 e. The first-order valence-corrected chi connectivity index (χ1v) is 8.93. The highest BCUT2D eigenvalue weighted by atomic mass is 19.1. The zero-order valence-electron chi connectivity index (χ0n) is 15.8. The maximum absolute atomic E-state index is 14.7. The molecule has 3 rings (SSSR count). The van der Waals surface area contributed by atoms with Gasteiger partial charge in [-0.1, -0.05) is 36.9 Å². The molecule has 2 unspecified atom stereocenters. The van der Waals surface area contributed by atoms with Crippen LogP contribution in [0.1, 0.15) is 47.2 Å². The van der Waals surface area contributed by atoms with Gasteiger partial charge in [0.1, 0.15) is 11.4 Å². The lowest BCUT2D eigenvalue weighted by atomic mass is 9.85. The lowest BCUT2D eigenvalue weighted by Gasteiger charge is -2.28. The molecular weight excluding hydrogens is 339 g/mol. The first-order chi connectivity index (χ1) is 12.8. The van der Waals surface area contributed by atoms with Crippen molar-refractivity contribution in [2.24, 2.45) is 0 Å². The molecule has 0 spiro atoms. The van der Waals surface area contributed by atoms with E-state index in [2.05, 4.69) is 6.58 Å². The van der Waals surface area contributed by atoms with E-state index in [0.717, 1.165) is 16.7 Å². The van der Waals surface area contributed by atoms with E-state index in [1.54, 1.807) is 18.3 Å². The average molecular weight is 362 g/mol. The van der Waals surface area contributed by atoms with Gasteiger partial charge in [0.05, 0.1) is 23.4 Å². The van der Waals surface area contributed by atoms with Crippen LogP contribution in [0, 0.1) is 31.0 Å². The van der Waals surface area contributed by atoms with E-state index in [0.29, 0.717) is 17.7 Å². The third-order valence-electron chi connectivity index (χ3n) is 5.47. The molecule has 0 amide bonds. The fourth-order valence-corrected chi connectivity index (χ4v) is 3.87. The van der Waals surface area contributed by atoms with Gasteiger partial charge < -0.3 is 10.0 Å². The first-order valence-electron chi connectivity index (χ1n) is 8.93. The standard InChI is InChI=1S/C23H23FN2O/c1-5-22-23(27,18-9-7-15(3)16(4)11-18)13-21(26(22)6-2)19-10-8-17(14-25)12-20(19)24/h5-12,21,27H,2,13H2,1,3-4H3. The van der Waals surface area contributed by atoms with Gasteiger partial charge in [0, 0.05) is 12.0 Å². The second-order valence-electron chi connectivity index (χ2n) is 6.99. The fraction of sp³-hybridized carbons (Fsp3) is 0.261. The summed E-state index contributed by atoms with van der Waals surface area (Å²) in [7, 11) is 0. The van der Waals surface area contributed by atoms with Crippen molar-refractivity contribution in [1.29, 1.82) is 5.26 Å². The third kappa shape index (κ3) is 3.05. The predicted octanol–water partition coefficient (Wildman–Crippen LogP) is 5.00. The monoisotopic (exact) mass is 362 g/mol. The quantitative estimate of drug-likeness (QED) is 0.836. The Kier molecular flexibility index (Phi) is 4.91. The normalized spacial score (nSPS) is 23.5. The van der Waals surface area contributed by atoms with Crippen molar-refractivity contribution in [1.82, 2.24) is 4.90 Å². The summed E-state index contributed by atoms with van der Waals surface area (Å²) in [4.78, 5) is 1.82. The molecule has 2 aromatic rings. The number of hydrogen-bond donors (Lipinski definition) is 1. The Morgan fingerprint density at radius 2 is 2.00 bits per heavy atom. The SMILES string of the molecule is C=CN1C(=CC)C(O)(c2ccc(C)c(C)c2)CC1c1ccc(C#N)cc1F. The van der Waals surface area contributed by atoms with Crippen molar-refractivity contribution in [3.8, 4) is 6.07 Å². The van der Waals surface area contributed by atoms with Gasteiger partial charge in [0.2, 0.25) is 0 Å². The molecular formula is C23H23FN2O. The summed E-state index contributed by atoms with van der Waals surface area (Å²) in [6.07, 6.45) is 3.76. The molecule has 2 aromatic carbocycles. The smallest absolute Gasteiger partial charge is 0.131 e. The summed E-state index contributed by atoms with van der Waals surface area (Å²) in [5.41, 5.74) is 3.17. The molecule has 1 aliphatic rings. The van der Waals surface area contributed by atoms with Gasteiger partial charge in [-0.05, 0) is 55.8 Å². The number of likely N-dealkylation sites (tertiary alicyclic amines) is 1. The van der Waals surface area contributed by atoms with E-state index in [9.17, 15) is 9.50 Å². The average Bonchev–Trinajstić information content (AvgIpc) is 2.96. The lowest BCUT2D eigenvalue weighted by Crippen LogP contribution is -2.26. The molecule has 2 atom stereocenters. The maximum Gasteiger partial charge on any atom is 0.131 e. The Labute approximate surface area is 159 Å². The minimum atomic E-state index is -1.24. The van der Waals surface area contributed by atoms with Crippen LogP contribution in [-0.2, 0) is 5.60 Å². The molecule has 27 heavy (non-hydrogen) atoms. The number of hydrogen-bond acceptors (Lipinski definition) is 3. The topological polar surface area (TPSA) is 47.3 Å². The molecule has 0 aromatic heterocycles. The summed E-state index contributed by atoms with van der Waals surface area (Å²) in [6, 6.07) is 11.9. The Balaban J connectivity index is 2.12. The van der Waals surface area contributed by atoms with Crippen LogP contribution in [0.5, 0.6) is 0 Å². The lowest BCUT2D eigenvalue weighted by molar-refractivity contribution is 0.0786. The van der Waals surface area contributed by atoms with Crippen LogP contribution in [0.3, 0.4) is 0 Å². The van der Waals surface area contributed by atoms with Gasteiger partial charge in [-0.2, -0.15) is 5.26 Å². The molecule has 0 aliphatic carbocycles. The van der Waals surface area contributed by atoms with E-state index < -0.39 is 17.5 Å². The number of benzene rings is 2. The second-order valence-corrected chi connectivity index (χ2v) is 6.99. The van der Waals surface area contributed by atoms with Crippen molar-refractivity contribution >= 4 is 0 Å². The summed E-state index contributed by atoms with van der Waals surface area (Å²) < 4.78 is 14.7. The number of nitriles is 1. The van der Waals surface area contributed by atoms with Gasteiger partial charge in [-0.15, -0.1) is 0 Å². The summed E-state index contributed by atoms with van der Waals surface area (Å²) in [5, 5.41) is 20.6. The van der Waals surface area contributed by atoms with Crippen molar-refractivity contribution in [3.63, 3.8) is 0 Å². The molecule has 1 aliphatic heterocycles. The largest absolute Gasteiger partial charge is 0.379 e. The molecule has 1 N–H and O–H groups in total. The minimum absolute atomic E-state index is 0.273. The molecule has 1 fully saturated rings. The Hall–Kier alpha value is -2.90. The maximum atomic E-state index is 14.7. The van der Waals surface area contributed by atoms with E-state index in [-0.39, 0.29) is 5.56 Å². The van der Waals surface area contributed by atoms with Gasteiger partial charge in [0.25, 0.3) is 0 Å². The van der Waals surface area contributed by atoms with Crippen LogP contribution in [0.4, 0.5) is 4.39 Å². The predicted molar refractivity (Wildman–Crippen MR) is 104 cm³/mol. The van der Waals surface area contributed by atoms with Crippen LogP contribution in [0.15, 0.2) is 61.0 Å². The fourth-order valence-electron chi connectivity index (χ4n) is 3.87. The van der Waals surface area contributed by atoms with Crippen molar-refractivity contribution in [2.75, 3.05) is 0 Å². The molecule has 0 radical (unpaired) electrons. The van der Waals surface area contributed by atoms with Crippen LogP contribution < -0.4 is 0 Å². The highest BCUT2D eigenvalue weighted by molar-refractivity contribution is 5.44. The zero-order chi connectivity index (χ0) is 19.8. The van der Waals surface area contributed by atoms with Crippen LogP contribution in [-0.4, -0.2) is 10.0 Å². The van der Waals surface area contributed by atoms with Crippen molar-refractivity contribution in [2.45, 2.75) is 38.8 Å². The van der Waals surface area contributed by atoms with Crippen molar-refractivity contribution < 1.29 is 9.50 Å². The molecule has 0 saturated carbocycles. The van der Waals surface area contributed by atoms with Crippen LogP contribution in [0.25, 0.3) is 0 Å². The zero-order valence-corrected chi connectivity index (χ0v) is 15.8. The van der Waals surface area contributed by atoms with E-state index >= 15 is 0 Å². The van der Waals surface area contributed by atoms with Gasteiger partial charge >= 0.3 is 0 Å². The van der Waals surface area contributed by atoms with Crippen LogP contribution >= 0.6 is 0 Å². The van der Waals surface area contributed by atoms with Crippen LogP contribution in [0.2, 0.25) is 0 Å². The molecule has 4 heteroatoms. The molecule has 0 bridgehead atoms. The summed E-state index contributed by atoms with van der Waals surface area (Å²) in [5.74, 6) is -0.453. The third-order valence-corrected chi connectivity index (χ3v) is 5.47. The molecule has 1 saturated heterocycles. The highest BCUT2D eigenvalue weighted by Gasteiger charge is 2.48. The summed E-state index contributed by atoms with van der Waals surface area (Å²) in [6.45, 7) is 9.76. The number of rotatable bonds is 3. The molecule has 1 heterocycles. The Bertz CT molecular complexity index is 973. The number of aliphatic hydroxyl groups is 1.